The molecule has 0 bridgehead atoms. The van der Waals surface area contributed by atoms with Crippen LogP contribution in [0.1, 0.15) is 39.0 Å². The number of hydrogen-bond donors (Lipinski definition) is 1. The molecule has 202 valence electrons. The van der Waals surface area contributed by atoms with Crippen molar-refractivity contribution in [2.45, 2.75) is 37.8 Å². The Bertz CT molecular complexity index is 1590. The minimum absolute atomic E-state index is 0.0224. The van der Waals surface area contributed by atoms with Crippen molar-refractivity contribution in [3.8, 4) is 5.75 Å². The van der Waals surface area contributed by atoms with E-state index in [1.54, 1.807) is 12.1 Å². The summed E-state index contributed by atoms with van der Waals surface area (Å²) < 4.78 is 42.1. The second-order valence-corrected chi connectivity index (χ2v) is 12.0. The van der Waals surface area contributed by atoms with Crippen LogP contribution in [0.3, 0.4) is 0 Å². The van der Waals surface area contributed by atoms with Crippen LogP contribution < -0.4 is 0 Å². The minimum atomic E-state index is -4.29. The quantitative estimate of drug-likeness (QED) is 0.197. The summed E-state index contributed by atoms with van der Waals surface area (Å²) >= 11 is 12.1. The highest BCUT2D eigenvalue weighted by Gasteiger charge is 2.29. The summed E-state index contributed by atoms with van der Waals surface area (Å²) in [7, 11) is -4.29. The zero-order valence-electron chi connectivity index (χ0n) is 21.1. The van der Waals surface area contributed by atoms with Crippen LogP contribution in [0.25, 0.3) is 0 Å². The second kappa shape index (κ2) is 12.3. The summed E-state index contributed by atoms with van der Waals surface area (Å²) in [6.07, 6.45) is 0.787. The summed E-state index contributed by atoms with van der Waals surface area (Å²) in [5, 5.41) is 10.3. The molecule has 0 atom stereocenters. The van der Waals surface area contributed by atoms with Crippen molar-refractivity contribution >= 4 is 39.0 Å². The largest absolute Gasteiger partial charge is 0.505 e. The van der Waals surface area contributed by atoms with Gasteiger partial charge in [0.1, 0.15) is 10.7 Å². The third-order valence-corrected chi connectivity index (χ3v) is 8.56. The first-order valence-corrected chi connectivity index (χ1v) is 14.3. The van der Waals surface area contributed by atoms with Crippen molar-refractivity contribution in [1.82, 2.24) is 4.31 Å². The summed E-state index contributed by atoms with van der Waals surface area (Å²) in [4.78, 5) is 12.2. The number of halogens is 3. The van der Waals surface area contributed by atoms with Gasteiger partial charge in [-0.2, -0.15) is 4.31 Å². The van der Waals surface area contributed by atoms with Gasteiger partial charge in [-0.3, -0.25) is 4.79 Å². The first-order valence-electron chi connectivity index (χ1n) is 12.1. The van der Waals surface area contributed by atoms with E-state index in [4.69, 9.17) is 23.2 Å². The van der Waals surface area contributed by atoms with Crippen LogP contribution in [0.2, 0.25) is 10.0 Å². The molecule has 1 N–H and O–H groups in total. The van der Waals surface area contributed by atoms with Gasteiger partial charge in [-0.15, -0.1) is 0 Å². The van der Waals surface area contributed by atoms with Gasteiger partial charge in [-0.25, -0.2) is 12.8 Å². The lowest BCUT2D eigenvalue weighted by Gasteiger charge is -2.24. The number of benzene rings is 4. The van der Waals surface area contributed by atoms with Crippen molar-refractivity contribution in [1.29, 1.82) is 0 Å². The van der Waals surface area contributed by atoms with E-state index < -0.39 is 26.5 Å². The molecular formula is C30H26Cl2FNO4S. The van der Waals surface area contributed by atoms with Crippen LogP contribution >= 0.6 is 23.2 Å². The molecule has 0 saturated heterocycles. The molecule has 4 aromatic rings. The summed E-state index contributed by atoms with van der Waals surface area (Å²) in [6, 6.07) is 22.6. The zero-order chi connectivity index (χ0) is 28.2. The molecule has 0 spiro atoms. The molecular weight excluding hydrogens is 560 g/mol. The smallest absolute Gasteiger partial charge is 0.247 e. The lowest BCUT2D eigenvalue weighted by atomic mass is 10.0. The van der Waals surface area contributed by atoms with Gasteiger partial charge in [-0.05, 0) is 54.3 Å². The number of aryl methyl sites for hydroxylation is 2. The molecule has 4 rings (SSSR count). The molecule has 4 aromatic carbocycles. The Hall–Kier alpha value is -3.23. The van der Waals surface area contributed by atoms with Crippen molar-refractivity contribution < 1.29 is 22.7 Å². The van der Waals surface area contributed by atoms with Gasteiger partial charge >= 0.3 is 0 Å². The Morgan fingerprint density at radius 2 is 1.51 bits per heavy atom. The number of hydrogen-bond acceptors (Lipinski definition) is 4. The van der Waals surface area contributed by atoms with Crippen LogP contribution in [0.4, 0.5) is 4.39 Å². The van der Waals surface area contributed by atoms with Gasteiger partial charge in [0.15, 0.2) is 11.5 Å². The normalized spacial score (nSPS) is 11.6. The van der Waals surface area contributed by atoms with Crippen LogP contribution in [0, 0.1) is 12.7 Å². The lowest BCUT2D eigenvalue weighted by Crippen LogP contribution is -2.30. The van der Waals surface area contributed by atoms with Crippen LogP contribution in [0.5, 0.6) is 5.75 Å². The first kappa shape index (κ1) is 28.8. The molecule has 0 aliphatic rings. The Balaban J connectivity index is 1.60. The molecule has 9 heteroatoms. The average molecular weight is 587 g/mol. The monoisotopic (exact) mass is 585 g/mol. The molecule has 0 radical (unpaired) electrons. The number of Topliss-reactive ketones (excluding diaryl/α,β-unsaturated/α-hetero) is 1. The highest BCUT2D eigenvalue weighted by Crippen LogP contribution is 2.36. The van der Waals surface area contributed by atoms with E-state index in [9.17, 15) is 22.7 Å². The number of sulfonamides is 1. The van der Waals surface area contributed by atoms with Gasteiger partial charge in [0, 0.05) is 30.1 Å². The number of carbonyl (C=O) groups excluding carboxylic acids is 1. The number of carbonyl (C=O) groups is 1. The molecule has 0 unspecified atom stereocenters. The average Bonchev–Trinajstić information content (AvgIpc) is 2.90. The van der Waals surface area contributed by atoms with E-state index in [2.05, 4.69) is 0 Å². The molecule has 0 amide bonds. The maximum Gasteiger partial charge on any atom is 0.247 e. The number of rotatable bonds is 10. The number of aromatic hydroxyl groups is 1. The fourth-order valence-corrected chi connectivity index (χ4v) is 6.29. The molecule has 0 heterocycles. The Kier molecular flexibility index (Phi) is 9.08. The molecule has 0 fully saturated rings. The zero-order valence-corrected chi connectivity index (χ0v) is 23.4. The fraction of sp³-hybridized carbons (Fsp3) is 0.167. The minimum Gasteiger partial charge on any atom is -0.505 e. The van der Waals surface area contributed by atoms with Gasteiger partial charge < -0.3 is 5.11 Å². The third kappa shape index (κ3) is 7.25. The molecule has 0 aliphatic carbocycles. The highest BCUT2D eigenvalue weighted by molar-refractivity contribution is 7.89. The van der Waals surface area contributed by atoms with Crippen molar-refractivity contribution in [3.05, 3.63) is 129 Å². The van der Waals surface area contributed by atoms with Crippen LogP contribution in [0.15, 0.2) is 89.8 Å². The topological polar surface area (TPSA) is 74.7 Å². The Morgan fingerprint density at radius 1 is 0.872 bits per heavy atom. The molecule has 39 heavy (non-hydrogen) atoms. The first-order chi connectivity index (χ1) is 18.5. The SMILES string of the molecule is Cc1ccc(C(=O)CCc2cccc(CN(Cc3ccc(F)cc3)S(=O)(=O)c3cc(Cl)cc(Cl)c3O)c2)cc1. The Morgan fingerprint density at radius 3 is 2.21 bits per heavy atom. The van der Waals surface area contributed by atoms with Gasteiger partial charge in [0.05, 0.1) is 5.02 Å². The van der Waals surface area contributed by atoms with Crippen LogP contribution in [-0.4, -0.2) is 23.6 Å². The van der Waals surface area contributed by atoms with Crippen molar-refractivity contribution in [2.75, 3.05) is 0 Å². The summed E-state index contributed by atoms with van der Waals surface area (Å²) in [6.45, 7) is 1.81. The summed E-state index contributed by atoms with van der Waals surface area (Å²) in [5.74, 6) is -1.02. The summed E-state index contributed by atoms with van der Waals surface area (Å²) in [5.41, 5.74) is 3.82. The van der Waals surface area contributed by atoms with Crippen molar-refractivity contribution in [3.63, 3.8) is 0 Å². The third-order valence-electron chi connectivity index (χ3n) is 6.25. The van der Waals surface area contributed by atoms with E-state index in [-0.39, 0.29) is 28.9 Å². The van der Waals surface area contributed by atoms with Gasteiger partial charge in [0.2, 0.25) is 10.0 Å². The number of phenols is 1. The second-order valence-electron chi connectivity index (χ2n) is 9.24. The maximum atomic E-state index is 13.7. The van der Waals surface area contributed by atoms with E-state index in [0.29, 0.717) is 29.5 Å². The van der Waals surface area contributed by atoms with E-state index in [0.717, 1.165) is 17.2 Å². The lowest BCUT2D eigenvalue weighted by molar-refractivity contribution is 0.0983. The Labute approximate surface area is 237 Å². The number of nitrogens with zero attached hydrogens (tertiary/aromatic N) is 1. The van der Waals surface area contributed by atoms with Crippen molar-refractivity contribution in [2.24, 2.45) is 0 Å². The highest BCUT2D eigenvalue weighted by atomic mass is 35.5. The predicted molar refractivity (Wildman–Crippen MR) is 151 cm³/mol. The van der Waals surface area contributed by atoms with E-state index in [1.807, 2.05) is 43.3 Å². The van der Waals surface area contributed by atoms with Gasteiger partial charge in [-0.1, -0.05) is 89.4 Å². The maximum absolute atomic E-state index is 13.7. The standard InChI is InChI=1S/C30H26Cl2FNO4S/c1-20-5-10-24(11-6-20)28(35)14-9-21-3-2-4-23(15-21)19-34(18-22-7-12-26(33)13-8-22)39(37,38)29-17-25(31)16-27(32)30(29)36/h2-8,10-13,15-17,36H,9,14,18-19H2,1H3. The number of ketones is 1. The predicted octanol–water partition coefficient (Wildman–Crippen LogP) is 7.35. The van der Waals surface area contributed by atoms with Gasteiger partial charge in [0.25, 0.3) is 0 Å². The fourth-order valence-electron chi connectivity index (χ4n) is 4.13. The molecule has 0 saturated carbocycles. The number of phenolic OH excluding ortho intramolecular Hbond substituents is 1. The molecule has 0 aliphatic heterocycles. The van der Waals surface area contributed by atoms with E-state index >= 15 is 0 Å². The molecule has 5 nitrogen and oxygen atoms in total. The van der Waals surface area contributed by atoms with Crippen LogP contribution in [-0.2, 0) is 29.5 Å². The molecule has 0 aromatic heterocycles. The van der Waals surface area contributed by atoms with E-state index in [1.165, 1.54) is 34.6 Å².